The molecule has 2 fully saturated rings. The molecule has 48 heavy (non-hydrogen) atoms. The van der Waals surface area contributed by atoms with Crippen molar-refractivity contribution in [2.45, 2.75) is 90.5 Å². The molecule has 258 valence electrons. The van der Waals surface area contributed by atoms with Gasteiger partial charge in [0.15, 0.2) is 0 Å². The van der Waals surface area contributed by atoms with Crippen molar-refractivity contribution in [2.75, 3.05) is 31.9 Å². The molecule has 2 N–H and O–H groups in total. The van der Waals surface area contributed by atoms with Crippen molar-refractivity contribution in [3.05, 3.63) is 71.0 Å². The summed E-state index contributed by atoms with van der Waals surface area (Å²) in [4.78, 5) is 38.7. The maximum atomic E-state index is 12.2. The van der Waals surface area contributed by atoms with Gasteiger partial charge in [-0.25, -0.2) is 9.59 Å². The summed E-state index contributed by atoms with van der Waals surface area (Å²) in [5, 5.41) is 12.9. The van der Waals surface area contributed by atoms with Gasteiger partial charge in [0.25, 0.3) is 5.69 Å². The number of non-ortho nitro benzene ring substituents is 1. The van der Waals surface area contributed by atoms with Gasteiger partial charge in [0.2, 0.25) is 0 Å². The van der Waals surface area contributed by atoms with Crippen LogP contribution in [-0.2, 0) is 9.47 Å². The maximum absolute atomic E-state index is 12.2. The summed E-state index contributed by atoms with van der Waals surface area (Å²) in [6.45, 7) is 13.9. The number of nitrogen functional groups attached to an aromatic ring is 1. The molecule has 12 nitrogen and oxygen atoms in total. The highest BCUT2D eigenvalue weighted by atomic mass is 16.6. The number of fused-ring (bicyclic) bond motifs is 2. The fourth-order valence-electron chi connectivity index (χ4n) is 6.49. The minimum atomic E-state index is -0.497. The molecule has 0 saturated carbocycles. The first-order valence-corrected chi connectivity index (χ1v) is 16.7. The highest BCUT2D eigenvalue weighted by molar-refractivity contribution is 5.91. The summed E-state index contributed by atoms with van der Waals surface area (Å²) < 4.78 is 15.3. The van der Waals surface area contributed by atoms with Crippen LogP contribution in [0, 0.1) is 10.1 Å². The Bertz CT molecular complexity index is 1760. The molecule has 0 atom stereocenters. The second-order valence-corrected chi connectivity index (χ2v) is 14.6. The van der Waals surface area contributed by atoms with Gasteiger partial charge in [-0.15, -0.1) is 0 Å². The maximum Gasteiger partial charge on any atom is 0.410 e. The average Bonchev–Trinajstić information content (AvgIpc) is 3.65. The van der Waals surface area contributed by atoms with Crippen molar-refractivity contribution in [1.82, 2.24) is 18.9 Å². The van der Waals surface area contributed by atoms with Crippen molar-refractivity contribution in [3.63, 3.8) is 0 Å². The number of aromatic nitrogens is 2. The number of nitrogens with zero attached hydrogens (tertiary/aromatic N) is 5. The van der Waals surface area contributed by atoms with Gasteiger partial charge in [-0.3, -0.25) is 10.1 Å². The zero-order chi connectivity index (χ0) is 34.8. The molecule has 2 amide bonds. The van der Waals surface area contributed by atoms with Crippen molar-refractivity contribution in [3.8, 4) is 0 Å². The normalized spacial score (nSPS) is 16.5. The highest BCUT2D eigenvalue weighted by Crippen LogP contribution is 2.33. The summed E-state index contributed by atoms with van der Waals surface area (Å²) in [5.74, 6) is 0. The third kappa shape index (κ3) is 8.03. The molecule has 4 aromatic rings. The molecule has 6 rings (SSSR count). The number of carbonyl (C=O) groups excluding carboxylic acids is 2. The minimum Gasteiger partial charge on any atom is -0.444 e. The van der Waals surface area contributed by atoms with E-state index in [2.05, 4.69) is 27.5 Å². The molecule has 2 aromatic carbocycles. The molecule has 0 spiro atoms. The molecular formula is C36H48N6O6. The number of nitro groups is 1. The van der Waals surface area contributed by atoms with E-state index in [1.54, 1.807) is 17.0 Å². The Hall–Kier alpha value is -4.74. The van der Waals surface area contributed by atoms with Crippen molar-refractivity contribution in [1.29, 1.82) is 0 Å². The van der Waals surface area contributed by atoms with E-state index in [1.807, 2.05) is 70.8 Å². The van der Waals surface area contributed by atoms with Crippen LogP contribution in [0.1, 0.15) is 79.3 Å². The van der Waals surface area contributed by atoms with Gasteiger partial charge < -0.3 is 34.1 Å². The molecule has 2 aliphatic heterocycles. The molecule has 12 heteroatoms. The molecule has 0 aliphatic carbocycles. The van der Waals surface area contributed by atoms with Gasteiger partial charge in [-0.1, -0.05) is 12.1 Å². The van der Waals surface area contributed by atoms with E-state index >= 15 is 0 Å². The van der Waals surface area contributed by atoms with E-state index in [4.69, 9.17) is 15.2 Å². The Labute approximate surface area is 281 Å². The van der Waals surface area contributed by atoms with Gasteiger partial charge in [0, 0.05) is 67.8 Å². The molecule has 0 bridgehead atoms. The SMILES string of the molecule is CC(C)(C)OC(=O)N1CCC(n2ccc3c(N)cccc32)CC1.CC(C)(C)OC(=O)N1CCC(n2ccc3c([N+](=O)[O-])cccc32)CC1. The van der Waals surface area contributed by atoms with E-state index in [9.17, 15) is 19.7 Å². The zero-order valence-electron chi connectivity index (χ0n) is 28.8. The van der Waals surface area contributed by atoms with Crippen LogP contribution in [0.15, 0.2) is 60.9 Å². The Morgan fingerprint density at radius 1 is 0.708 bits per heavy atom. The van der Waals surface area contributed by atoms with E-state index < -0.39 is 11.2 Å². The van der Waals surface area contributed by atoms with Crippen LogP contribution < -0.4 is 5.73 Å². The Kier molecular flexibility index (Phi) is 9.93. The fourth-order valence-corrected chi connectivity index (χ4v) is 6.49. The van der Waals surface area contributed by atoms with E-state index in [0.29, 0.717) is 24.5 Å². The Balaban J connectivity index is 0.000000188. The second-order valence-electron chi connectivity index (χ2n) is 14.6. The summed E-state index contributed by atoms with van der Waals surface area (Å²) in [6, 6.07) is 15.7. The number of benzene rings is 2. The smallest absolute Gasteiger partial charge is 0.410 e. The first-order valence-electron chi connectivity index (χ1n) is 16.7. The van der Waals surface area contributed by atoms with E-state index in [1.165, 1.54) is 11.6 Å². The quantitative estimate of drug-likeness (QED) is 0.134. The van der Waals surface area contributed by atoms with Crippen LogP contribution in [0.2, 0.25) is 0 Å². The lowest BCUT2D eigenvalue weighted by molar-refractivity contribution is -0.383. The largest absolute Gasteiger partial charge is 0.444 e. The topological polar surface area (TPSA) is 138 Å². The number of rotatable bonds is 3. The predicted molar refractivity (Wildman–Crippen MR) is 187 cm³/mol. The number of hydrogen-bond acceptors (Lipinski definition) is 7. The number of nitrogens with two attached hydrogens (primary N) is 1. The summed E-state index contributed by atoms with van der Waals surface area (Å²) in [7, 11) is 0. The van der Waals surface area contributed by atoms with Crippen molar-refractivity contribution in [2.24, 2.45) is 0 Å². The standard InChI is InChI=1S/C18H23N3O4.C18H25N3O2/c1-18(2,3)25-17(22)19-10-7-13(8-11-19)20-12-9-14-15(20)5-4-6-16(14)21(23)24;1-18(2,3)23-17(22)20-10-7-13(8-11-20)21-12-9-14-15(19)5-4-6-16(14)21/h4-6,9,12-13H,7-8,10-11H2,1-3H3;4-6,9,12-13H,7-8,10-11,19H2,1-3H3. The van der Waals surface area contributed by atoms with E-state index in [-0.39, 0.29) is 28.8 Å². The van der Waals surface area contributed by atoms with Crippen LogP contribution in [0.5, 0.6) is 0 Å². The summed E-state index contributed by atoms with van der Waals surface area (Å²) >= 11 is 0. The molecule has 4 heterocycles. The minimum absolute atomic E-state index is 0.127. The first kappa shape index (κ1) is 34.6. The molecule has 2 saturated heterocycles. The van der Waals surface area contributed by atoms with Crippen LogP contribution in [-0.4, -0.2) is 73.4 Å². The zero-order valence-corrected chi connectivity index (χ0v) is 28.8. The number of hydrogen-bond donors (Lipinski definition) is 1. The number of anilines is 1. The molecule has 0 radical (unpaired) electrons. The van der Waals surface area contributed by atoms with Crippen molar-refractivity contribution < 1.29 is 24.0 Å². The Morgan fingerprint density at radius 2 is 1.12 bits per heavy atom. The summed E-state index contributed by atoms with van der Waals surface area (Å²) in [6.07, 6.45) is 6.98. The number of amides is 2. The lowest BCUT2D eigenvalue weighted by Crippen LogP contribution is -2.42. The monoisotopic (exact) mass is 660 g/mol. The molecule has 2 aliphatic rings. The van der Waals surface area contributed by atoms with Crippen LogP contribution in [0.4, 0.5) is 21.0 Å². The van der Waals surface area contributed by atoms with Gasteiger partial charge in [0.05, 0.1) is 21.3 Å². The number of nitro benzene ring substituents is 1. The van der Waals surface area contributed by atoms with Gasteiger partial charge >= 0.3 is 12.2 Å². The first-order chi connectivity index (χ1) is 22.6. The molecule has 2 aromatic heterocycles. The fraction of sp³-hybridized carbons (Fsp3) is 0.500. The van der Waals surface area contributed by atoms with E-state index in [0.717, 1.165) is 55.4 Å². The number of ether oxygens (including phenoxy) is 2. The highest BCUT2D eigenvalue weighted by Gasteiger charge is 2.29. The van der Waals surface area contributed by atoms with Gasteiger partial charge in [-0.05, 0) is 97.6 Å². The van der Waals surface area contributed by atoms with Crippen LogP contribution in [0.25, 0.3) is 21.8 Å². The molecular weight excluding hydrogens is 612 g/mol. The van der Waals surface area contributed by atoms with Crippen LogP contribution in [0.3, 0.4) is 0 Å². The van der Waals surface area contributed by atoms with Gasteiger partial charge in [-0.2, -0.15) is 0 Å². The molecule has 0 unspecified atom stereocenters. The number of piperidine rings is 2. The van der Waals surface area contributed by atoms with Gasteiger partial charge in [0.1, 0.15) is 11.2 Å². The van der Waals surface area contributed by atoms with Crippen LogP contribution >= 0.6 is 0 Å². The Morgan fingerprint density at radius 3 is 1.56 bits per heavy atom. The summed E-state index contributed by atoms with van der Waals surface area (Å²) in [5.41, 5.74) is 8.07. The predicted octanol–water partition coefficient (Wildman–Crippen LogP) is 7.92. The number of carbonyl (C=O) groups is 2. The lowest BCUT2D eigenvalue weighted by Gasteiger charge is -2.34. The van der Waals surface area contributed by atoms with Crippen molar-refractivity contribution >= 4 is 45.4 Å². The lowest BCUT2D eigenvalue weighted by atomic mass is 10.0. The second kappa shape index (κ2) is 13.8. The third-order valence-electron chi connectivity index (χ3n) is 8.75. The average molecular weight is 661 g/mol. The number of likely N-dealkylation sites (tertiary alicyclic amines) is 2. The third-order valence-corrected chi connectivity index (χ3v) is 8.75.